The van der Waals surface area contributed by atoms with E-state index >= 15 is 0 Å². The van der Waals surface area contributed by atoms with Gasteiger partial charge in [-0.2, -0.15) is 0 Å². The summed E-state index contributed by atoms with van der Waals surface area (Å²) in [5, 5.41) is 4.68. The van der Waals surface area contributed by atoms with Gasteiger partial charge < -0.3 is 14.6 Å². The number of benzene rings is 1. The zero-order valence-electron chi connectivity index (χ0n) is 17.3. The van der Waals surface area contributed by atoms with Crippen molar-refractivity contribution in [2.45, 2.75) is 24.2 Å². The van der Waals surface area contributed by atoms with Crippen molar-refractivity contribution in [1.82, 2.24) is 15.2 Å². The van der Waals surface area contributed by atoms with Crippen LogP contribution in [-0.2, 0) is 5.75 Å². The van der Waals surface area contributed by atoms with Gasteiger partial charge in [0.1, 0.15) is 11.5 Å². The van der Waals surface area contributed by atoms with Crippen LogP contribution in [0.1, 0.15) is 24.6 Å². The Morgan fingerprint density at radius 2 is 2.07 bits per heavy atom. The third-order valence-electron chi connectivity index (χ3n) is 4.23. The maximum absolute atomic E-state index is 5.95. The second-order valence-electron chi connectivity index (χ2n) is 6.43. The third-order valence-corrected chi connectivity index (χ3v) is 5.52. The molecule has 29 heavy (non-hydrogen) atoms. The van der Waals surface area contributed by atoms with Crippen molar-refractivity contribution in [2.24, 2.45) is 4.99 Å². The van der Waals surface area contributed by atoms with Gasteiger partial charge in [0.05, 0.1) is 0 Å². The Hall–Kier alpha value is -2.02. The van der Waals surface area contributed by atoms with Crippen LogP contribution in [0.25, 0.3) is 5.57 Å². The first-order valence-electron chi connectivity index (χ1n) is 9.63. The number of hydrogen-bond donors (Lipinski definition) is 1. The molecule has 0 aliphatic heterocycles. The fourth-order valence-corrected chi connectivity index (χ4v) is 3.76. The van der Waals surface area contributed by atoms with Gasteiger partial charge in [-0.05, 0) is 48.9 Å². The van der Waals surface area contributed by atoms with Crippen molar-refractivity contribution in [2.75, 3.05) is 33.7 Å². The lowest BCUT2D eigenvalue weighted by Crippen LogP contribution is -2.35. The minimum Gasteiger partial charge on any atom is -0.437 e. The van der Waals surface area contributed by atoms with E-state index in [1.807, 2.05) is 50.5 Å². The van der Waals surface area contributed by atoms with Crippen LogP contribution in [0.15, 0.2) is 63.9 Å². The number of nitrogens with zero attached hydrogens (tertiary/aromatic N) is 3. The molecular weight excluding hydrogens is 404 g/mol. The Bertz CT molecular complexity index is 830. The molecule has 0 bridgehead atoms. The SMILES string of the molecule is C=C(/C=C\C(=NC)N(CCC)CCNC)c1ncoc1SCc1ccc(Cl)cc1. The van der Waals surface area contributed by atoms with E-state index in [1.54, 1.807) is 11.8 Å². The molecule has 1 heterocycles. The molecule has 0 spiro atoms. The second kappa shape index (κ2) is 12.5. The second-order valence-corrected chi connectivity index (χ2v) is 7.82. The maximum atomic E-state index is 5.95. The van der Waals surface area contributed by atoms with E-state index < -0.39 is 0 Å². The number of likely N-dealkylation sites (N-methyl/N-ethyl adjacent to an activating group) is 1. The molecule has 5 nitrogen and oxygen atoms in total. The highest BCUT2D eigenvalue weighted by Gasteiger charge is 2.12. The first-order chi connectivity index (χ1) is 14.1. The van der Waals surface area contributed by atoms with Gasteiger partial charge in [-0.3, -0.25) is 4.99 Å². The van der Waals surface area contributed by atoms with Crippen LogP contribution in [0.5, 0.6) is 0 Å². The zero-order chi connectivity index (χ0) is 21.1. The van der Waals surface area contributed by atoms with E-state index in [0.29, 0.717) is 0 Å². The summed E-state index contributed by atoms with van der Waals surface area (Å²) in [6.07, 6.45) is 6.47. The summed E-state index contributed by atoms with van der Waals surface area (Å²) < 4.78 is 5.59. The van der Waals surface area contributed by atoms with Crippen molar-refractivity contribution in [1.29, 1.82) is 0 Å². The number of thioether (sulfide) groups is 1. The average Bonchev–Trinajstić information content (AvgIpc) is 3.20. The molecule has 0 atom stereocenters. The Balaban J connectivity index is 2.04. The molecule has 0 saturated carbocycles. The van der Waals surface area contributed by atoms with Crippen molar-refractivity contribution < 1.29 is 4.42 Å². The lowest BCUT2D eigenvalue weighted by Gasteiger charge is -2.23. The Kier molecular flexibility index (Phi) is 10.0. The maximum Gasteiger partial charge on any atom is 0.188 e. The van der Waals surface area contributed by atoms with E-state index in [-0.39, 0.29) is 0 Å². The number of halogens is 1. The standard InChI is InChI=1S/C22H29ClN4OS/c1-5-13-27(14-12-24-3)20(25-4)11-6-17(2)21-22(28-16-26-21)29-15-18-7-9-19(23)10-8-18/h6-11,16,24H,2,5,12-15H2,1,3-4H3/b11-6-,25-20?. The van der Waals surface area contributed by atoms with Gasteiger partial charge in [-0.25, -0.2) is 4.98 Å². The van der Waals surface area contributed by atoms with E-state index in [9.17, 15) is 0 Å². The van der Waals surface area contributed by atoms with Crippen LogP contribution in [0.2, 0.25) is 5.02 Å². The highest BCUT2D eigenvalue weighted by molar-refractivity contribution is 7.98. The minimum absolute atomic E-state index is 0.734. The summed E-state index contributed by atoms with van der Waals surface area (Å²) in [6, 6.07) is 7.80. The number of rotatable bonds is 11. The monoisotopic (exact) mass is 432 g/mol. The van der Waals surface area contributed by atoms with Crippen molar-refractivity contribution in [3.63, 3.8) is 0 Å². The van der Waals surface area contributed by atoms with E-state index in [1.165, 1.54) is 12.0 Å². The lowest BCUT2D eigenvalue weighted by molar-refractivity contribution is 0.417. The smallest absolute Gasteiger partial charge is 0.188 e. The summed E-state index contributed by atoms with van der Waals surface area (Å²) >= 11 is 7.54. The lowest BCUT2D eigenvalue weighted by atomic mass is 10.2. The highest BCUT2D eigenvalue weighted by Crippen LogP contribution is 2.30. The first-order valence-corrected chi connectivity index (χ1v) is 11.0. The number of hydrogen-bond acceptors (Lipinski definition) is 5. The fraction of sp³-hybridized carbons (Fsp3) is 0.364. The Morgan fingerprint density at radius 1 is 1.31 bits per heavy atom. The van der Waals surface area contributed by atoms with Gasteiger partial charge in [0.25, 0.3) is 0 Å². The van der Waals surface area contributed by atoms with Gasteiger partial charge in [-0.15, -0.1) is 0 Å². The average molecular weight is 433 g/mol. The van der Waals surface area contributed by atoms with E-state index in [2.05, 4.69) is 33.7 Å². The van der Waals surface area contributed by atoms with Crippen molar-refractivity contribution in [3.8, 4) is 0 Å². The van der Waals surface area contributed by atoms with E-state index in [4.69, 9.17) is 16.0 Å². The van der Waals surface area contributed by atoms with Crippen LogP contribution in [0.4, 0.5) is 0 Å². The summed E-state index contributed by atoms with van der Waals surface area (Å²) in [5.41, 5.74) is 2.72. The molecule has 0 aliphatic rings. The molecule has 0 fully saturated rings. The van der Waals surface area contributed by atoms with Gasteiger partial charge in [0, 0.05) is 37.5 Å². The normalized spacial score (nSPS) is 11.9. The van der Waals surface area contributed by atoms with Crippen LogP contribution in [0, 0.1) is 0 Å². The number of amidine groups is 1. The van der Waals surface area contributed by atoms with Crippen LogP contribution >= 0.6 is 23.4 Å². The molecule has 0 saturated heterocycles. The van der Waals surface area contributed by atoms with Gasteiger partial charge in [0.15, 0.2) is 11.5 Å². The molecule has 1 N–H and O–H groups in total. The molecule has 1 aromatic carbocycles. The molecule has 156 valence electrons. The van der Waals surface area contributed by atoms with Crippen molar-refractivity contribution >= 4 is 34.8 Å². The number of oxazole rings is 1. The summed E-state index contributed by atoms with van der Waals surface area (Å²) in [5.74, 6) is 1.70. The van der Waals surface area contributed by atoms with Crippen LogP contribution in [0.3, 0.4) is 0 Å². The molecule has 2 aromatic rings. The molecule has 0 radical (unpaired) electrons. The summed E-state index contributed by atoms with van der Waals surface area (Å²) in [7, 11) is 3.77. The molecule has 7 heteroatoms. The number of nitrogens with one attached hydrogen (secondary N) is 1. The molecule has 1 aromatic heterocycles. The predicted octanol–water partition coefficient (Wildman–Crippen LogP) is 5.15. The van der Waals surface area contributed by atoms with Crippen LogP contribution < -0.4 is 5.32 Å². The van der Waals surface area contributed by atoms with Crippen molar-refractivity contribution in [3.05, 3.63) is 65.7 Å². The highest BCUT2D eigenvalue weighted by atomic mass is 35.5. The Morgan fingerprint density at radius 3 is 2.72 bits per heavy atom. The summed E-state index contributed by atoms with van der Waals surface area (Å²) in [6.45, 7) is 9.10. The number of aliphatic imine (C=N–C) groups is 1. The van der Waals surface area contributed by atoms with Gasteiger partial charge in [0.2, 0.25) is 0 Å². The van der Waals surface area contributed by atoms with E-state index in [0.717, 1.165) is 59.0 Å². The Labute approximate surface area is 182 Å². The topological polar surface area (TPSA) is 53.7 Å². The summed E-state index contributed by atoms with van der Waals surface area (Å²) in [4.78, 5) is 11.1. The molecule has 0 amide bonds. The van der Waals surface area contributed by atoms with Gasteiger partial charge >= 0.3 is 0 Å². The zero-order valence-corrected chi connectivity index (χ0v) is 18.9. The molecular formula is C22H29ClN4OS. The fourth-order valence-electron chi connectivity index (χ4n) is 2.71. The van der Waals surface area contributed by atoms with Crippen LogP contribution in [-0.4, -0.2) is 49.4 Å². The molecule has 0 unspecified atom stereocenters. The quantitative estimate of drug-likeness (QED) is 0.230. The molecule has 2 rings (SSSR count). The minimum atomic E-state index is 0.734. The number of aromatic nitrogens is 1. The first kappa shape index (κ1) is 23.3. The predicted molar refractivity (Wildman–Crippen MR) is 125 cm³/mol. The largest absolute Gasteiger partial charge is 0.437 e. The molecule has 0 aliphatic carbocycles. The number of allylic oxidation sites excluding steroid dienone is 2. The van der Waals surface area contributed by atoms with Gasteiger partial charge in [-0.1, -0.05) is 49.0 Å². The third kappa shape index (κ3) is 7.38.